The maximum absolute atomic E-state index is 5.93. The summed E-state index contributed by atoms with van der Waals surface area (Å²) in [7, 11) is 1.76. The fourth-order valence-corrected chi connectivity index (χ4v) is 1.31. The predicted octanol–water partition coefficient (Wildman–Crippen LogP) is 2.83. The Kier molecular flexibility index (Phi) is 1.88. The second kappa shape index (κ2) is 2.92. The normalized spacial score (nSPS) is 10.7. The molecule has 4 heteroatoms. The number of rotatable bonds is 1. The van der Waals surface area contributed by atoms with Crippen molar-refractivity contribution in [3.63, 3.8) is 0 Å². The minimum absolute atomic E-state index is 0.511. The van der Waals surface area contributed by atoms with E-state index in [4.69, 9.17) is 16.0 Å². The van der Waals surface area contributed by atoms with E-state index in [2.05, 4.69) is 10.3 Å². The molecular formula is C9H9ClN2O. The first-order valence-electron chi connectivity index (χ1n) is 3.95. The molecule has 0 saturated heterocycles. The fourth-order valence-electron chi connectivity index (χ4n) is 1.16. The Labute approximate surface area is 80.7 Å². The lowest BCUT2D eigenvalue weighted by atomic mass is 10.2. The number of nitrogens with zero attached hydrogens (tertiary/aromatic N) is 1. The van der Waals surface area contributed by atoms with E-state index >= 15 is 0 Å². The van der Waals surface area contributed by atoms with Crippen LogP contribution in [0.5, 0.6) is 0 Å². The summed E-state index contributed by atoms with van der Waals surface area (Å²) in [5.74, 6) is 0. The van der Waals surface area contributed by atoms with Crippen molar-refractivity contribution in [2.24, 2.45) is 0 Å². The van der Waals surface area contributed by atoms with Gasteiger partial charge in [0.25, 0.3) is 6.01 Å². The number of aromatic nitrogens is 1. The minimum atomic E-state index is 0.511. The molecule has 0 radical (unpaired) electrons. The van der Waals surface area contributed by atoms with Crippen LogP contribution in [-0.4, -0.2) is 12.0 Å². The highest BCUT2D eigenvalue weighted by Gasteiger charge is 2.06. The molecule has 2 aromatic rings. The summed E-state index contributed by atoms with van der Waals surface area (Å²) in [6.07, 6.45) is 0. The number of oxazole rings is 1. The molecule has 1 aromatic carbocycles. The van der Waals surface area contributed by atoms with Gasteiger partial charge in [0, 0.05) is 18.1 Å². The van der Waals surface area contributed by atoms with Gasteiger partial charge in [0.1, 0.15) is 5.52 Å². The van der Waals surface area contributed by atoms with E-state index < -0.39 is 0 Å². The molecule has 0 unspecified atom stereocenters. The van der Waals surface area contributed by atoms with E-state index in [-0.39, 0.29) is 0 Å². The highest BCUT2D eigenvalue weighted by Crippen LogP contribution is 2.25. The number of halogens is 1. The summed E-state index contributed by atoms with van der Waals surface area (Å²) >= 11 is 5.93. The van der Waals surface area contributed by atoms with Crippen molar-refractivity contribution < 1.29 is 4.42 Å². The van der Waals surface area contributed by atoms with Gasteiger partial charge in [-0.3, -0.25) is 0 Å². The van der Waals surface area contributed by atoms with Crippen molar-refractivity contribution in [3.8, 4) is 0 Å². The van der Waals surface area contributed by atoms with Crippen LogP contribution >= 0.6 is 11.6 Å². The monoisotopic (exact) mass is 196 g/mol. The molecule has 1 N–H and O–H groups in total. The Balaban J connectivity index is 2.70. The zero-order chi connectivity index (χ0) is 9.42. The van der Waals surface area contributed by atoms with Gasteiger partial charge in [0.15, 0.2) is 5.58 Å². The summed E-state index contributed by atoms with van der Waals surface area (Å²) in [5, 5.41) is 3.53. The molecule has 1 aromatic heterocycles. The molecule has 0 aliphatic heterocycles. The summed E-state index contributed by atoms with van der Waals surface area (Å²) in [5.41, 5.74) is 2.54. The summed E-state index contributed by atoms with van der Waals surface area (Å²) in [6, 6.07) is 4.19. The molecule has 0 fully saturated rings. The Morgan fingerprint density at radius 2 is 2.23 bits per heavy atom. The van der Waals surface area contributed by atoms with Gasteiger partial charge < -0.3 is 9.73 Å². The van der Waals surface area contributed by atoms with Crippen LogP contribution in [0.3, 0.4) is 0 Å². The molecule has 0 aliphatic rings. The number of fused-ring (bicyclic) bond motifs is 1. The van der Waals surface area contributed by atoms with Gasteiger partial charge in [-0.25, -0.2) is 0 Å². The molecule has 3 nitrogen and oxygen atoms in total. The molecular weight excluding hydrogens is 188 g/mol. The lowest BCUT2D eigenvalue weighted by Crippen LogP contribution is -1.85. The van der Waals surface area contributed by atoms with E-state index in [1.165, 1.54) is 0 Å². The molecule has 0 saturated carbocycles. The SMILES string of the molecule is CNc1nc2cc(C)c(Cl)cc2o1. The maximum Gasteiger partial charge on any atom is 0.295 e. The van der Waals surface area contributed by atoms with Gasteiger partial charge >= 0.3 is 0 Å². The van der Waals surface area contributed by atoms with Crippen LogP contribution in [0.15, 0.2) is 16.5 Å². The summed E-state index contributed by atoms with van der Waals surface area (Å²) in [6.45, 7) is 1.94. The van der Waals surface area contributed by atoms with Crippen LogP contribution in [0, 0.1) is 6.92 Å². The molecule has 1 heterocycles. The highest BCUT2D eigenvalue weighted by atomic mass is 35.5. The average Bonchev–Trinajstić information content (AvgIpc) is 2.48. The van der Waals surface area contributed by atoms with Crippen molar-refractivity contribution in [2.45, 2.75) is 6.92 Å². The van der Waals surface area contributed by atoms with Gasteiger partial charge in [0.05, 0.1) is 0 Å². The fraction of sp³-hybridized carbons (Fsp3) is 0.222. The highest BCUT2D eigenvalue weighted by molar-refractivity contribution is 6.32. The molecule has 0 spiro atoms. The van der Waals surface area contributed by atoms with Crippen LogP contribution in [0.2, 0.25) is 5.02 Å². The average molecular weight is 197 g/mol. The smallest absolute Gasteiger partial charge is 0.295 e. The second-order valence-corrected chi connectivity index (χ2v) is 3.25. The molecule has 2 rings (SSSR count). The van der Waals surface area contributed by atoms with Crippen molar-refractivity contribution in [2.75, 3.05) is 12.4 Å². The van der Waals surface area contributed by atoms with Crippen LogP contribution < -0.4 is 5.32 Å². The van der Waals surface area contributed by atoms with Crippen molar-refractivity contribution >= 4 is 28.7 Å². The molecule has 68 valence electrons. The zero-order valence-electron chi connectivity index (χ0n) is 7.39. The number of hydrogen-bond acceptors (Lipinski definition) is 3. The van der Waals surface area contributed by atoms with Crippen molar-refractivity contribution in [1.82, 2.24) is 4.98 Å². The second-order valence-electron chi connectivity index (χ2n) is 2.84. The first kappa shape index (κ1) is 8.38. The zero-order valence-corrected chi connectivity index (χ0v) is 8.14. The third kappa shape index (κ3) is 1.35. The first-order chi connectivity index (χ1) is 6.20. The van der Waals surface area contributed by atoms with Gasteiger partial charge in [-0.15, -0.1) is 0 Å². The minimum Gasteiger partial charge on any atom is -0.424 e. The molecule has 0 amide bonds. The van der Waals surface area contributed by atoms with E-state index in [1.54, 1.807) is 13.1 Å². The van der Waals surface area contributed by atoms with Crippen LogP contribution in [0.1, 0.15) is 5.56 Å². The van der Waals surface area contributed by atoms with Gasteiger partial charge in [0.2, 0.25) is 0 Å². The van der Waals surface area contributed by atoms with Gasteiger partial charge in [-0.1, -0.05) is 11.6 Å². The number of aryl methyl sites for hydroxylation is 1. The number of nitrogens with one attached hydrogen (secondary N) is 1. The third-order valence-electron chi connectivity index (χ3n) is 1.88. The number of hydrogen-bond donors (Lipinski definition) is 1. The standard InChI is InChI=1S/C9H9ClN2O/c1-5-3-7-8(4-6(5)10)13-9(11-2)12-7/h3-4H,1-2H3,(H,11,12). The third-order valence-corrected chi connectivity index (χ3v) is 2.29. The van der Waals surface area contributed by atoms with Crippen LogP contribution in [0.25, 0.3) is 11.1 Å². The van der Waals surface area contributed by atoms with Crippen molar-refractivity contribution in [1.29, 1.82) is 0 Å². The maximum atomic E-state index is 5.93. The van der Waals surface area contributed by atoms with Gasteiger partial charge in [-0.05, 0) is 18.6 Å². The Morgan fingerprint density at radius 3 is 2.92 bits per heavy atom. The Hall–Kier alpha value is -1.22. The van der Waals surface area contributed by atoms with E-state index in [1.807, 2.05) is 13.0 Å². The lowest BCUT2D eigenvalue weighted by Gasteiger charge is -1.93. The van der Waals surface area contributed by atoms with Crippen LogP contribution in [0.4, 0.5) is 6.01 Å². The summed E-state index contributed by atoms with van der Waals surface area (Å²) in [4.78, 5) is 4.20. The predicted molar refractivity (Wildman–Crippen MR) is 53.3 cm³/mol. The molecule has 0 atom stereocenters. The van der Waals surface area contributed by atoms with Crippen LogP contribution in [-0.2, 0) is 0 Å². The Morgan fingerprint density at radius 1 is 1.46 bits per heavy atom. The lowest BCUT2D eigenvalue weighted by molar-refractivity contribution is 0.620. The summed E-state index contributed by atoms with van der Waals surface area (Å²) < 4.78 is 5.35. The number of anilines is 1. The Bertz CT molecular complexity index is 411. The van der Waals surface area contributed by atoms with E-state index in [0.29, 0.717) is 16.6 Å². The first-order valence-corrected chi connectivity index (χ1v) is 4.33. The largest absolute Gasteiger partial charge is 0.424 e. The number of benzene rings is 1. The molecule has 0 aliphatic carbocycles. The molecule has 13 heavy (non-hydrogen) atoms. The molecule has 0 bridgehead atoms. The van der Waals surface area contributed by atoms with Gasteiger partial charge in [-0.2, -0.15) is 4.98 Å². The quantitative estimate of drug-likeness (QED) is 0.762. The van der Waals surface area contributed by atoms with E-state index in [9.17, 15) is 0 Å². The van der Waals surface area contributed by atoms with E-state index in [0.717, 1.165) is 11.1 Å². The van der Waals surface area contributed by atoms with Crippen molar-refractivity contribution in [3.05, 3.63) is 22.7 Å². The topological polar surface area (TPSA) is 38.1 Å².